The number of amides is 1. The largest absolute Gasteiger partial charge is 0.335 e. The van der Waals surface area contributed by atoms with Gasteiger partial charge in [0.25, 0.3) is 5.91 Å². The van der Waals surface area contributed by atoms with E-state index in [4.69, 9.17) is 0 Å². The van der Waals surface area contributed by atoms with Gasteiger partial charge in [-0.25, -0.2) is 8.42 Å². The minimum absolute atomic E-state index is 0.131. The van der Waals surface area contributed by atoms with Crippen LogP contribution in [-0.2, 0) is 10.0 Å². The van der Waals surface area contributed by atoms with Crippen molar-refractivity contribution in [2.24, 2.45) is 0 Å². The third kappa shape index (κ3) is 3.61. The monoisotopic (exact) mass is 368 g/mol. The molecule has 8 nitrogen and oxygen atoms in total. The van der Waals surface area contributed by atoms with E-state index in [2.05, 4.69) is 15.5 Å². The highest BCUT2D eigenvalue weighted by molar-refractivity contribution is 7.89. The number of carbonyl (C=O) groups excluding carboxylic acids is 1. The van der Waals surface area contributed by atoms with Gasteiger partial charge in [-0.05, 0) is 18.2 Å². The van der Waals surface area contributed by atoms with Gasteiger partial charge < -0.3 is 4.90 Å². The minimum atomic E-state index is -3.59. The molecule has 0 atom stereocenters. The number of anilines is 1. The van der Waals surface area contributed by atoms with Gasteiger partial charge in [0.05, 0.1) is 38.1 Å². The summed E-state index contributed by atoms with van der Waals surface area (Å²) in [7, 11) is -1.54. The first-order valence-corrected chi connectivity index (χ1v) is 9.78. The molecule has 0 spiro atoms. The number of hydrogen-bond donors (Lipinski definition) is 2. The second-order valence-corrected chi connectivity index (χ2v) is 8.36. The van der Waals surface area contributed by atoms with Crippen molar-refractivity contribution in [2.75, 3.05) is 38.5 Å². The van der Waals surface area contributed by atoms with Crippen molar-refractivity contribution >= 4 is 32.4 Å². The van der Waals surface area contributed by atoms with Gasteiger partial charge in [-0.3, -0.25) is 10.1 Å². The molecule has 0 bridgehead atoms. The van der Waals surface area contributed by atoms with E-state index < -0.39 is 15.9 Å². The van der Waals surface area contributed by atoms with Crippen LogP contribution in [0.3, 0.4) is 0 Å². The van der Waals surface area contributed by atoms with Crippen molar-refractivity contribution in [3.8, 4) is 0 Å². The van der Waals surface area contributed by atoms with E-state index >= 15 is 0 Å². The number of nitrogens with zero attached hydrogens (tertiary/aromatic N) is 3. The fourth-order valence-corrected chi connectivity index (χ4v) is 4.38. The van der Waals surface area contributed by atoms with E-state index in [1.54, 1.807) is 12.1 Å². The van der Waals surface area contributed by atoms with Gasteiger partial charge in [0.2, 0.25) is 15.2 Å². The Balaban J connectivity index is 1.80. The SMILES string of the molecule is C[NH+]1CCN(S(=O)(=O)c2cccc(C(=O)Nc3nncs3)c2)CC1. The zero-order valence-electron chi connectivity index (χ0n) is 13.1. The number of benzene rings is 1. The van der Waals surface area contributed by atoms with Crippen molar-refractivity contribution in [1.82, 2.24) is 14.5 Å². The van der Waals surface area contributed by atoms with Crippen LogP contribution in [0, 0.1) is 0 Å². The molecule has 0 aliphatic carbocycles. The van der Waals surface area contributed by atoms with E-state index in [0.29, 0.717) is 18.2 Å². The van der Waals surface area contributed by atoms with Crippen molar-refractivity contribution < 1.29 is 18.1 Å². The summed E-state index contributed by atoms with van der Waals surface area (Å²) < 4.78 is 27.0. The van der Waals surface area contributed by atoms with E-state index in [-0.39, 0.29) is 10.5 Å². The minimum Gasteiger partial charge on any atom is -0.335 e. The predicted molar refractivity (Wildman–Crippen MR) is 89.7 cm³/mol. The molecule has 2 heterocycles. The van der Waals surface area contributed by atoms with E-state index in [9.17, 15) is 13.2 Å². The number of likely N-dealkylation sites (N-methyl/N-ethyl adjacent to an activating group) is 1. The van der Waals surface area contributed by atoms with Gasteiger partial charge in [0.15, 0.2) is 0 Å². The first-order chi connectivity index (χ1) is 11.5. The lowest BCUT2D eigenvalue weighted by Gasteiger charge is -2.29. The lowest BCUT2D eigenvalue weighted by atomic mass is 10.2. The molecule has 1 amide bonds. The van der Waals surface area contributed by atoms with Crippen LogP contribution in [-0.4, -0.2) is 62.1 Å². The molecule has 1 saturated heterocycles. The smallest absolute Gasteiger partial charge is 0.257 e. The number of piperazine rings is 1. The third-order valence-corrected chi connectivity index (χ3v) is 6.39. The summed E-state index contributed by atoms with van der Waals surface area (Å²) in [6.45, 7) is 2.51. The van der Waals surface area contributed by atoms with Crippen LogP contribution >= 0.6 is 11.3 Å². The molecule has 1 aromatic heterocycles. The molecule has 0 saturated carbocycles. The Morgan fingerprint density at radius 1 is 1.33 bits per heavy atom. The fourth-order valence-electron chi connectivity index (χ4n) is 2.45. The molecule has 10 heteroatoms. The van der Waals surface area contributed by atoms with Gasteiger partial charge >= 0.3 is 0 Å². The maximum absolute atomic E-state index is 12.8. The Kier molecular flexibility index (Phi) is 4.90. The average molecular weight is 368 g/mol. The molecule has 0 radical (unpaired) electrons. The Morgan fingerprint density at radius 3 is 2.75 bits per heavy atom. The predicted octanol–water partition coefficient (Wildman–Crippen LogP) is -0.691. The zero-order valence-corrected chi connectivity index (χ0v) is 14.7. The standard InChI is InChI=1S/C14H17N5O3S2/c1-18-5-7-19(8-6-18)24(21,22)12-4-2-3-11(9-12)13(20)16-14-17-15-10-23-14/h2-4,9-10H,5-8H2,1H3,(H,16,17,20)/p+1. The van der Waals surface area contributed by atoms with E-state index in [1.807, 2.05) is 7.05 Å². The number of quaternary nitrogens is 1. The molecular weight excluding hydrogens is 350 g/mol. The number of carbonyl (C=O) groups is 1. The Hall–Kier alpha value is -1.88. The molecule has 2 aromatic rings. The molecule has 2 N–H and O–H groups in total. The van der Waals surface area contributed by atoms with Crippen LogP contribution in [0.5, 0.6) is 0 Å². The maximum atomic E-state index is 12.8. The average Bonchev–Trinajstić information content (AvgIpc) is 3.08. The molecule has 24 heavy (non-hydrogen) atoms. The number of rotatable bonds is 4. The topological polar surface area (TPSA) is 96.7 Å². The summed E-state index contributed by atoms with van der Waals surface area (Å²) in [6, 6.07) is 6.06. The Bertz CT molecular complexity index is 815. The van der Waals surface area contributed by atoms with Crippen molar-refractivity contribution in [1.29, 1.82) is 0 Å². The molecular formula is C14H18N5O3S2+. The highest BCUT2D eigenvalue weighted by atomic mass is 32.2. The van der Waals surface area contributed by atoms with Crippen LogP contribution in [0.4, 0.5) is 5.13 Å². The Labute approximate surface area is 144 Å². The van der Waals surface area contributed by atoms with Crippen LogP contribution in [0.2, 0.25) is 0 Å². The number of hydrogen-bond acceptors (Lipinski definition) is 6. The summed E-state index contributed by atoms with van der Waals surface area (Å²) in [4.78, 5) is 13.7. The summed E-state index contributed by atoms with van der Waals surface area (Å²) in [6.07, 6.45) is 0. The second-order valence-electron chi connectivity index (χ2n) is 5.59. The highest BCUT2D eigenvalue weighted by Crippen LogP contribution is 2.18. The van der Waals surface area contributed by atoms with Crippen molar-refractivity contribution in [3.63, 3.8) is 0 Å². The number of nitrogens with one attached hydrogen (secondary N) is 2. The van der Waals surface area contributed by atoms with Crippen LogP contribution in [0.15, 0.2) is 34.7 Å². The first-order valence-electron chi connectivity index (χ1n) is 7.46. The quantitative estimate of drug-likeness (QED) is 0.745. The van der Waals surface area contributed by atoms with Crippen LogP contribution in [0.1, 0.15) is 10.4 Å². The van der Waals surface area contributed by atoms with Gasteiger partial charge in [-0.1, -0.05) is 17.4 Å². The molecule has 1 aliphatic heterocycles. The molecule has 1 aromatic carbocycles. The third-order valence-electron chi connectivity index (χ3n) is 3.89. The van der Waals surface area contributed by atoms with Gasteiger partial charge in [0.1, 0.15) is 5.51 Å². The molecule has 128 valence electrons. The summed E-state index contributed by atoms with van der Waals surface area (Å²) in [5.41, 5.74) is 1.78. The first kappa shape index (κ1) is 17.0. The number of sulfonamides is 1. The maximum Gasteiger partial charge on any atom is 0.257 e. The highest BCUT2D eigenvalue weighted by Gasteiger charge is 2.29. The normalized spacial score (nSPS) is 16.9. The van der Waals surface area contributed by atoms with Crippen LogP contribution < -0.4 is 10.2 Å². The molecule has 1 fully saturated rings. The Morgan fingerprint density at radius 2 is 2.08 bits per heavy atom. The molecule has 0 unspecified atom stereocenters. The molecule has 3 rings (SSSR count). The van der Waals surface area contributed by atoms with Crippen molar-refractivity contribution in [2.45, 2.75) is 4.90 Å². The van der Waals surface area contributed by atoms with Crippen molar-refractivity contribution in [3.05, 3.63) is 35.3 Å². The lowest BCUT2D eigenvalue weighted by Crippen LogP contribution is -3.12. The summed E-state index contributed by atoms with van der Waals surface area (Å²) >= 11 is 1.20. The lowest BCUT2D eigenvalue weighted by molar-refractivity contribution is -0.883. The van der Waals surface area contributed by atoms with Gasteiger partial charge in [-0.15, -0.1) is 10.2 Å². The van der Waals surface area contributed by atoms with Crippen LogP contribution in [0.25, 0.3) is 0 Å². The molecule has 1 aliphatic rings. The van der Waals surface area contributed by atoms with Gasteiger partial charge in [0, 0.05) is 5.56 Å². The fraction of sp³-hybridized carbons (Fsp3) is 0.357. The number of aromatic nitrogens is 2. The zero-order chi connectivity index (χ0) is 17.2. The summed E-state index contributed by atoms with van der Waals surface area (Å²) in [5.74, 6) is -0.411. The second kappa shape index (κ2) is 6.93. The van der Waals surface area contributed by atoms with Gasteiger partial charge in [-0.2, -0.15) is 4.31 Å². The van der Waals surface area contributed by atoms with E-state index in [0.717, 1.165) is 13.1 Å². The van der Waals surface area contributed by atoms with E-state index in [1.165, 1.54) is 38.2 Å². The summed E-state index contributed by atoms with van der Waals surface area (Å²) in [5, 5.41) is 10.4.